The minimum atomic E-state index is 0.123. The summed E-state index contributed by atoms with van der Waals surface area (Å²) in [6, 6.07) is 5.45. The summed E-state index contributed by atoms with van der Waals surface area (Å²) in [5.74, 6) is 1.47. The van der Waals surface area contributed by atoms with Crippen LogP contribution in [0.2, 0.25) is 5.02 Å². The number of nitrogens with two attached hydrogens (primary N) is 1. The van der Waals surface area contributed by atoms with Gasteiger partial charge in [-0.15, -0.1) is 0 Å². The van der Waals surface area contributed by atoms with E-state index in [2.05, 4.69) is 23.9 Å². The maximum atomic E-state index is 8.89. The van der Waals surface area contributed by atoms with Crippen LogP contribution < -0.4 is 10.6 Å². The Morgan fingerprint density at radius 1 is 1.42 bits per heavy atom. The van der Waals surface area contributed by atoms with E-state index in [1.54, 1.807) is 12.1 Å². The molecule has 5 heteroatoms. The second-order valence-corrected chi connectivity index (χ2v) is 5.77. The van der Waals surface area contributed by atoms with E-state index in [0.29, 0.717) is 10.9 Å². The fourth-order valence-electron chi connectivity index (χ4n) is 2.52. The number of nitrogens with zero attached hydrogens (tertiary/aromatic N) is 2. The molecule has 1 saturated heterocycles. The molecule has 0 saturated carbocycles. The van der Waals surface area contributed by atoms with Gasteiger partial charge in [-0.1, -0.05) is 30.6 Å². The number of rotatable bonds is 2. The summed E-state index contributed by atoms with van der Waals surface area (Å²) in [7, 11) is 0. The highest BCUT2D eigenvalue weighted by molar-refractivity contribution is 6.31. The third-order valence-corrected chi connectivity index (χ3v) is 4.25. The SMILES string of the molecule is CC1CCN(c2cc(Cl)ccc2/C(N)=N/O)CC1C. The average molecular weight is 282 g/mol. The molecule has 0 bridgehead atoms. The zero-order valence-electron chi connectivity index (χ0n) is 11.3. The Morgan fingerprint density at radius 2 is 2.16 bits per heavy atom. The van der Waals surface area contributed by atoms with Gasteiger partial charge in [0, 0.05) is 29.4 Å². The number of halogens is 1. The number of hydrogen-bond donors (Lipinski definition) is 2. The van der Waals surface area contributed by atoms with Gasteiger partial charge in [0.15, 0.2) is 5.84 Å². The van der Waals surface area contributed by atoms with Crippen molar-refractivity contribution in [2.24, 2.45) is 22.7 Å². The van der Waals surface area contributed by atoms with E-state index in [9.17, 15) is 0 Å². The Bertz CT molecular complexity index is 490. The van der Waals surface area contributed by atoms with E-state index in [1.807, 2.05) is 6.07 Å². The highest BCUT2D eigenvalue weighted by Crippen LogP contribution is 2.31. The normalized spacial score (nSPS) is 24.6. The molecule has 1 aromatic rings. The van der Waals surface area contributed by atoms with Crippen molar-refractivity contribution >= 4 is 23.1 Å². The number of anilines is 1. The van der Waals surface area contributed by atoms with E-state index in [1.165, 1.54) is 0 Å². The maximum Gasteiger partial charge on any atom is 0.172 e. The van der Waals surface area contributed by atoms with Crippen molar-refractivity contribution in [2.75, 3.05) is 18.0 Å². The van der Waals surface area contributed by atoms with Crippen LogP contribution in [0.4, 0.5) is 5.69 Å². The molecule has 0 aliphatic carbocycles. The number of hydrogen-bond acceptors (Lipinski definition) is 3. The number of oxime groups is 1. The van der Waals surface area contributed by atoms with E-state index >= 15 is 0 Å². The molecule has 1 aliphatic rings. The average Bonchev–Trinajstić information content (AvgIpc) is 2.41. The lowest BCUT2D eigenvalue weighted by Crippen LogP contribution is -2.39. The summed E-state index contributed by atoms with van der Waals surface area (Å²) in [4.78, 5) is 2.27. The Labute approximate surface area is 118 Å². The molecule has 0 spiro atoms. The summed E-state index contributed by atoms with van der Waals surface area (Å²) < 4.78 is 0. The summed E-state index contributed by atoms with van der Waals surface area (Å²) in [6.45, 7) is 6.47. The molecule has 0 aromatic heterocycles. The van der Waals surface area contributed by atoms with Crippen LogP contribution in [0, 0.1) is 11.8 Å². The Kier molecular flexibility index (Phi) is 4.20. The minimum absolute atomic E-state index is 0.123. The van der Waals surface area contributed by atoms with Crippen molar-refractivity contribution in [1.82, 2.24) is 0 Å². The van der Waals surface area contributed by atoms with Crippen molar-refractivity contribution in [2.45, 2.75) is 20.3 Å². The lowest BCUT2D eigenvalue weighted by atomic mass is 9.88. The van der Waals surface area contributed by atoms with E-state index in [0.717, 1.165) is 36.7 Å². The van der Waals surface area contributed by atoms with Gasteiger partial charge in [-0.2, -0.15) is 0 Å². The van der Waals surface area contributed by atoms with Crippen molar-refractivity contribution in [3.8, 4) is 0 Å². The van der Waals surface area contributed by atoms with Gasteiger partial charge in [-0.25, -0.2) is 0 Å². The molecule has 1 aliphatic heterocycles. The monoisotopic (exact) mass is 281 g/mol. The van der Waals surface area contributed by atoms with Crippen LogP contribution >= 0.6 is 11.6 Å². The molecule has 0 radical (unpaired) electrons. The molecule has 2 atom stereocenters. The number of piperidine rings is 1. The third kappa shape index (κ3) is 2.95. The van der Waals surface area contributed by atoms with Gasteiger partial charge in [0.05, 0.1) is 0 Å². The Morgan fingerprint density at radius 3 is 2.79 bits per heavy atom. The minimum Gasteiger partial charge on any atom is -0.409 e. The smallest absolute Gasteiger partial charge is 0.172 e. The van der Waals surface area contributed by atoms with Gasteiger partial charge in [0.25, 0.3) is 0 Å². The molecule has 4 nitrogen and oxygen atoms in total. The molecule has 1 aromatic carbocycles. The molecule has 1 fully saturated rings. The second-order valence-electron chi connectivity index (χ2n) is 5.34. The fraction of sp³-hybridized carbons (Fsp3) is 0.500. The van der Waals surface area contributed by atoms with Gasteiger partial charge >= 0.3 is 0 Å². The zero-order valence-corrected chi connectivity index (χ0v) is 12.1. The standard InChI is InChI=1S/C14H20ClN3O/c1-9-5-6-18(8-10(9)2)13-7-11(15)3-4-12(13)14(16)17-19/h3-4,7,9-10,19H,5-6,8H2,1-2H3,(H2,16,17). The molecule has 104 valence electrons. The first-order valence-electron chi connectivity index (χ1n) is 6.55. The molecule has 2 rings (SSSR count). The zero-order chi connectivity index (χ0) is 14.0. The van der Waals surface area contributed by atoms with Crippen molar-refractivity contribution in [3.63, 3.8) is 0 Å². The quantitative estimate of drug-likeness (QED) is 0.379. The highest BCUT2D eigenvalue weighted by Gasteiger charge is 2.25. The lowest BCUT2D eigenvalue weighted by molar-refractivity contribution is 0.318. The molecule has 1 heterocycles. The van der Waals surface area contributed by atoms with Crippen LogP contribution in [0.5, 0.6) is 0 Å². The van der Waals surface area contributed by atoms with Gasteiger partial charge in [-0.05, 0) is 36.5 Å². The Hall–Kier alpha value is -1.42. The van der Waals surface area contributed by atoms with Crippen LogP contribution in [0.1, 0.15) is 25.8 Å². The molecule has 3 N–H and O–H groups in total. The molecule has 2 unspecified atom stereocenters. The first-order valence-corrected chi connectivity index (χ1v) is 6.93. The first kappa shape index (κ1) is 14.0. The van der Waals surface area contributed by atoms with Crippen molar-refractivity contribution in [3.05, 3.63) is 28.8 Å². The third-order valence-electron chi connectivity index (χ3n) is 4.02. The largest absolute Gasteiger partial charge is 0.409 e. The van der Waals surface area contributed by atoms with E-state index < -0.39 is 0 Å². The summed E-state index contributed by atoms with van der Waals surface area (Å²) in [6.07, 6.45) is 1.14. The van der Waals surface area contributed by atoms with Gasteiger partial charge in [-0.3, -0.25) is 0 Å². The first-order chi connectivity index (χ1) is 9.02. The van der Waals surface area contributed by atoms with Gasteiger partial charge < -0.3 is 15.8 Å². The molecular weight excluding hydrogens is 262 g/mol. The van der Waals surface area contributed by atoms with Crippen LogP contribution in [0.3, 0.4) is 0 Å². The predicted molar refractivity (Wildman–Crippen MR) is 79.1 cm³/mol. The molecular formula is C14H20ClN3O. The summed E-state index contributed by atoms with van der Waals surface area (Å²) >= 11 is 6.08. The van der Waals surface area contributed by atoms with Crippen molar-refractivity contribution in [1.29, 1.82) is 0 Å². The molecule has 19 heavy (non-hydrogen) atoms. The topological polar surface area (TPSA) is 61.8 Å². The highest BCUT2D eigenvalue weighted by atomic mass is 35.5. The van der Waals surface area contributed by atoms with Crippen molar-refractivity contribution < 1.29 is 5.21 Å². The van der Waals surface area contributed by atoms with Crippen LogP contribution in [0.25, 0.3) is 0 Å². The maximum absolute atomic E-state index is 8.89. The van der Waals surface area contributed by atoms with Gasteiger partial charge in [0.2, 0.25) is 0 Å². The lowest BCUT2D eigenvalue weighted by Gasteiger charge is -2.37. The Balaban J connectivity index is 2.35. The number of benzene rings is 1. The van der Waals surface area contributed by atoms with Crippen LogP contribution in [-0.2, 0) is 0 Å². The van der Waals surface area contributed by atoms with Crippen LogP contribution in [0.15, 0.2) is 23.4 Å². The van der Waals surface area contributed by atoms with Crippen LogP contribution in [-0.4, -0.2) is 24.1 Å². The fourth-order valence-corrected chi connectivity index (χ4v) is 2.68. The second kappa shape index (κ2) is 5.70. The summed E-state index contributed by atoms with van der Waals surface area (Å²) in [5, 5.41) is 12.7. The number of amidine groups is 1. The molecule has 0 amide bonds. The van der Waals surface area contributed by atoms with E-state index in [-0.39, 0.29) is 5.84 Å². The van der Waals surface area contributed by atoms with Gasteiger partial charge in [0.1, 0.15) is 0 Å². The summed E-state index contributed by atoms with van der Waals surface area (Å²) in [5.41, 5.74) is 7.42. The van der Waals surface area contributed by atoms with E-state index in [4.69, 9.17) is 22.5 Å². The predicted octanol–water partition coefficient (Wildman–Crippen LogP) is 2.92.